The standard InChI is InChI=1S/C13H17ClN4O/c1-2-7-15-9-12-17-18-13(19-12)16-8-10-3-5-11(14)6-4-10/h3-6,15H,2,7-9H2,1H3,(H,16,18). The van der Waals surface area contributed by atoms with Crippen LogP contribution < -0.4 is 10.6 Å². The summed E-state index contributed by atoms with van der Waals surface area (Å²) in [6.07, 6.45) is 1.08. The fourth-order valence-electron chi connectivity index (χ4n) is 1.55. The molecule has 0 aliphatic rings. The third kappa shape index (κ3) is 4.54. The lowest BCUT2D eigenvalue weighted by Crippen LogP contribution is -2.13. The van der Waals surface area contributed by atoms with Crippen LogP contribution in [0, 0.1) is 0 Å². The van der Waals surface area contributed by atoms with Crippen LogP contribution in [-0.4, -0.2) is 16.7 Å². The lowest BCUT2D eigenvalue weighted by atomic mass is 10.2. The van der Waals surface area contributed by atoms with Crippen molar-refractivity contribution in [1.29, 1.82) is 0 Å². The van der Waals surface area contributed by atoms with E-state index in [2.05, 4.69) is 27.8 Å². The van der Waals surface area contributed by atoms with Crippen molar-refractivity contribution in [1.82, 2.24) is 15.5 Å². The summed E-state index contributed by atoms with van der Waals surface area (Å²) < 4.78 is 5.45. The summed E-state index contributed by atoms with van der Waals surface area (Å²) >= 11 is 5.82. The summed E-state index contributed by atoms with van der Waals surface area (Å²) in [7, 11) is 0. The number of aromatic nitrogens is 2. The Labute approximate surface area is 117 Å². The highest BCUT2D eigenvalue weighted by atomic mass is 35.5. The van der Waals surface area contributed by atoms with Crippen LogP contribution in [0.3, 0.4) is 0 Å². The quantitative estimate of drug-likeness (QED) is 0.764. The molecule has 2 rings (SSSR count). The molecule has 0 radical (unpaired) electrons. The molecule has 1 aromatic carbocycles. The van der Waals surface area contributed by atoms with E-state index in [1.54, 1.807) is 0 Å². The summed E-state index contributed by atoms with van der Waals surface area (Å²) in [4.78, 5) is 0. The molecular formula is C13H17ClN4O. The van der Waals surface area contributed by atoms with Gasteiger partial charge in [-0.15, -0.1) is 5.10 Å². The predicted octanol–water partition coefficient (Wildman–Crippen LogP) is 2.83. The lowest BCUT2D eigenvalue weighted by molar-refractivity contribution is 0.477. The van der Waals surface area contributed by atoms with Crippen molar-refractivity contribution >= 4 is 17.6 Å². The van der Waals surface area contributed by atoms with E-state index in [1.165, 1.54) is 0 Å². The van der Waals surface area contributed by atoms with Crippen molar-refractivity contribution in [2.24, 2.45) is 0 Å². The average molecular weight is 281 g/mol. The minimum atomic E-state index is 0.434. The summed E-state index contributed by atoms with van der Waals surface area (Å²) in [5.74, 6) is 0.590. The van der Waals surface area contributed by atoms with Gasteiger partial charge < -0.3 is 15.1 Å². The second-order valence-electron chi connectivity index (χ2n) is 4.16. The molecule has 1 aromatic heterocycles. The van der Waals surface area contributed by atoms with E-state index in [0.29, 0.717) is 25.0 Å². The summed E-state index contributed by atoms with van der Waals surface area (Å²) in [6.45, 7) is 4.28. The third-order valence-electron chi connectivity index (χ3n) is 2.53. The monoisotopic (exact) mass is 280 g/mol. The molecule has 1 heterocycles. The topological polar surface area (TPSA) is 63.0 Å². The van der Waals surface area contributed by atoms with Crippen molar-refractivity contribution in [3.05, 3.63) is 40.7 Å². The van der Waals surface area contributed by atoms with E-state index >= 15 is 0 Å². The number of anilines is 1. The second-order valence-corrected chi connectivity index (χ2v) is 4.59. The van der Waals surface area contributed by atoms with Gasteiger partial charge in [0.25, 0.3) is 0 Å². The molecular weight excluding hydrogens is 264 g/mol. The number of hydrogen-bond donors (Lipinski definition) is 2. The Morgan fingerprint density at radius 3 is 2.68 bits per heavy atom. The molecule has 6 heteroatoms. The first kappa shape index (κ1) is 13.8. The number of benzene rings is 1. The number of halogens is 1. The van der Waals surface area contributed by atoms with Crippen LogP contribution in [0.4, 0.5) is 6.01 Å². The maximum Gasteiger partial charge on any atom is 0.315 e. The number of hydrogen-bond acceptors (Lipinski definition) is 5. The van der Waals surface area contributed by atoms with Gasteiger partial charge in [0.05, 0.1) is 6.54 Å². The Kier molecular flexibility index (Phi) is 5.18. The van der Waals surface area contributed by atoms with Crippen molar-refractivity contribution in [2.45, 2.75) is 26.4 Å². The SMILES string of the molecule is CCCNCc1nnc(NCc2ccc(Cl)cc2)o1. The van der Waals surface area contributed by atoms with Crippen molar-refractivity contribution in [3.63, 3.8) is 0 Å². The highest BCUT2D eigenvalue weighted by molar-refractivity contribution is 6.30. The average Bonchev–Trinajstić information content (AvgIpc) is 2.86. The predicted molar refractivity (Wildman–Crippen MR) is 75.1 cm³/mol. The fraction of sp³-hybridized carbons (Fsp3) is 0.385. The van der Waals surface area contributed by atoms with Crippen molar-refractivity contribution in [3.8, 4) is 0 Å². The first-order valence-corrected chi connectivity index (χ1v) is 6.67. The highest BCUT2D eigenvalue weighted by Gasteiger charge is 2.04. The van der Waals surface area contributed by atoms with Gasteiger partial charge in [0.1, 0.15) is 0 Å². The zero-order chi connectivity index (χ0) is 13.5. The van der Waals surface area contributed by atoms with Crippen LogP contribution >= 0.6 is 11.6 Å². The summed E-state index contributed by atoms with van der Waals surface area (Å²) in [5.41, 5.74) is 1.10. The van der Waals surface area contributed by atoms with Gasteiger partial charge in [-0.3, -0.25) is 0 Å². The maximum atomic E-state index is 5.82. The molecule has 0 amide bonds. The Bertz CT molecular complexity index is 498. The van der Waals surface area contributed by atoms with Gasteiger partial charge in [0.15, 0.2) is 0 Å². The number of nitrogens with one attached hydrogen (secondary N) is 2. The van der Waals surface area contributed by atoms with Crippen LogP contribution in [0.15, 0.2) is 28.7 Å². The molecule has 2 aromatic rings. The zero-order valence-corrected chi connectivity index (χ0v) is 11.6. The van der Waals surface area contributed by atoms with Crippen LogP contribution in [0.1, 0.15) is 24.8 Å². The van der Waals surface area contributed by atoms with Crippen molar-refractivity contribution < 1.29 is 4.42 Å². The van der Waals surface area contributed by atoms with E-state index in [0.717, 1.165) is 23.6 Å². The molecule has 0 saturated heterocycles. The zero-order valence-electron chi connectivity index (χ0n) is 10.8. The lowest BCUT2D eigenvalue weighted by Gasteiger charge is -2.01. The number of rotatable bonds is 7. The Hall–Kier alpha value is -1.59. The molecule has 2 N–H and O–H groups in total. The van der Waals surface area contributed by atoms with Gasteiger partial charge >= 0.3 is 6.01 Å². The minimum Gasteiger partial charge on any atom is -0.407 e. The van der Waals surface area contributed by atoms with E-state index in [1.807, 2.05) is 24.3 Å². The number of nitrogens with zero attached hydrogens (tertiary/aromatic N) is 2. The van der Waals surface area contributed by atoms with Gasteiger partial charge in [-0.2, -0.15) is 0 Å². The molecule has 102 valence electrons. The summed E-state index contributed by atoms with van der Waals surface area (Å²) in [6, 6.07) is 8.05. The fourth-order valence-corrected chi connectivity index (χ4v) is 1.67. The molecule has 0 spiro atoms. The smallest absolute Gasteiger partial charge is 0.315 e. The first-order valence-electron chi connectivity index (χ1n) is 6.29. The molecule has 0 aliphatic heterocycles. The van der Waals surface area contributed by atoms with Gasteiger partial charge in [-0.1, -0.05) is 35.8 Å². The first-order chi connectivity index (χ1) is 9.28. The molecule has 5 nitrogen and oxygen atoms in total. The Morgan fingerprint density at radius 1 is 1.16 bits per heavy atom. The molecule has 0 fully saturated rings. The van der Waals surface area contributed by atoms with Gasteiger partial charge in [-0.05, 0) is 30.7 Å². The second kappa shape index (κ2) is 7.11. The summed E-state index contributed by atoms with van der Waals surface area (Å²) in [5, 5.41) is 14.9. The largest absolute Gasteiger partial charge is 0.407 e. The van der Waals surface area contributed by atoms with E-state index in [9.17, 15) is 0 Å². The maximum absolute atomic E-state index is 5.82. The molecule has 0 unspecified atom stereocenters. The molecule has 0 bridgehead atoms. The Balaban J connectivity index is 1.81. The molecule has 0 atom stereocenters. The van der Waals surface area contributed by atoms with Crippen LogP contribution in [0.2, 0.25) is 5.02 Å². The van der Waals surface area contributed by atoms with Gasteiger partial charge in [0, 0.05) is 11.6 Å². The molecule has 0 saturated carbocycles. The van der Waals surface area contributed by atoms with Crippen LogP contribution in [0.25, 0.3) is 0 Å². The Morgan fingerprint density at radius 2 is 1.95 bits per heavy atom. The highest BCUT2D eigenvalue weighted by Crippen LogP contribution is 2.11. The third-order valence-corrected chi connectivity index (χ3v) is 2.78. The molecule has 19 heavy (non-hydrogen) atoms. The minimum absolute atomic E-state index is 0.434. The van der Waals surface area contributed by atoms with Crippen LogP contribution in [0.5, 0.6) is 0 Å². The van der Waals surface area contributed by atoms with E-state index in [-0.39, 0.29) is 0 Å². The van der Waals surface area contributed by atoms with Gasteiger partial charge in [0.2, 0.25) is 5.89 Å². The molecule has 0 aliphatic carbocycles. The van der Waals surface area contributed by atoms with Gasteiger partial charge in [-0.25, -0.2) is 0 Å². The normalized spacial score (nSPS) is 10.6. The van der Waals surface area contributed by atoms with E-state index < -0.39 is 0 Å². The van der Waals surface area contributed by atoms with Crippen LogP contribution in [-0.2, 0) is 13.1 Å². The van der Waals surface area contributed by atoms with Crippen molar-refractivity contribution in [2.75, 3.05) is 11.9 Å². The van der Waals surface area contributed by atoms with E-state index in [4.69, 9.17) is 16.0 Å².